The van der Waals surface area contributed by atoms with Gasteiger partial charge in [0.25, 0.3) is 0 Å². The minimum Gasteiger partial charge on any atom is -0.456 e. The molecule has 2 atom stereocenters. The van der Waals surface area contributed by atoms with Crippen LogP contribution >= 0.6 is 0 Å². The number of hydrogen-bond acceptors (Lipinski definition) is 6. The van der Waals surface area contributed by atoms with Crippen LogP contribution in [0.15, 0.2) is 84.9 Å². The molecule has 0 bridgehead atoms. The highest BCUT2D eigenvalue weighted by atomic mass is 16.6. The van der Waals surface area contributed by atoms with E-state index in [2.05, 4.69) is 0 Å². The molecule has 1 N–H and O–H groups in total. The Bertz CT molecular complexity index is 1130. The maximum Gasteiger partial charge on any atom is 0.410 e. The van der Waals surface area contributed by atoms with Crippen molar-refractivity contribution in [2.75, 3.05) is 13.2 Å². The molecular formula is C27H25NO6. The molecule has 7 nitrogen and oxygen atoms in total. The van der Waals surface area contributed by atoms with E-state index in [1.807, 2.05) is 72.8 Å². The molecule has 1 fully saturated rings. The normalized spacial score (nSPS) is 17.3. The van der Waals surface area contributed by atoms with Gasteiger partial charge in [-0.25, -0.2) is 9.59 Å². The summed E-state index contributed by atoms with van der Waals surface area (Å²) in [4.78, 5) is 38.8. The average Bonchev–Trinajstić information content (AvgIpc) is 3.28. The van der Waals surface area contributed by atoms with Crippen molar-refractivity contribution in [3.05, 3.63) is 96.1 Å². The van der Waals surface area contributed by atoms with Crippen LogP contribution in [0.1, 0.15) is 22.3 Å². The molecule has 0 radical (unpaired) electrons. The number of carbonyl (C=O) groups is 3. The monoisotopic (exact) mass is 459 g/mol. The highest BCUT2D eigenvalue weighted by Crippen LogP contribution is 2.22. The smallest absolute Gasteiger partial charge is 0.410 e. The van der Waals surface area contributed by atoms with Crippen molar-refractivity contribution in [3.8, 4) is 11.1 Å². The lowest BCUT2D eigenvalue weighted by Gasteiger charge is -2.22. The molecule has 174 valence electrons. The molecule has 1 aliphatic heterocycles. The minimum atomic E-state index is -1.01. The maximum absolute atomic E-state index is 12.6. The van der Waals surface area contributed by atoms with Crippen LogP contribution in [0.3, 0.4) is 0 Å². The molecule has 34 heavy (non-hydrogen) atoms. The lowest BCUT2D eigenvalue weighted by molar-refractivity contribution is -0.147. The third kappa shape index (κ3) is 5.68. The largest absolute Gasteiger partial charge is 0.456 e. The van der Waals surface area contributed by atoms with Crippen LogP contribution in [0.2, 0.25) is 0 Å². The highest BCUT2D eigenvalue weighted by molar-refractivity contribution is 5.98. The molecule has 0 unspecified atom stereocenters. The molecule has 0 aliphatic carbocycles. The number of benzene rings is 3. The quantitative estimate of drug-likeness (QED) is 0.426. The Kier molecular flexibility index (Phi) is 7.34. The number of rotatable bonds is 7. The van der Waals surface area contributed by atoms with E-state index in [0.29, 0.717) is 5.56 Å². The van der Waals surface area contributed by atoms with Gasteiger partial charge in [0.1, 0.15) is 12.6 Å². The topological polar surface area (TPSA) is 93.1 Å². The van der Waals surface area contributed by atoms with Gasteiger partial charge in [0.15, 0.2) is 12.4 Å². The van der Waals surface area contributed by atoms with Crippen LogP contribution in [0, 0.1) is 0 Å². The number of aliphatic hydroxyl groups excluding tert-OH is 1. The van der Waals surface area contributed by atoms with Crippen molar-refractivity contribution >= 4 is 17.8 Å². The number of Topliss-reactive ketones (excluding diaryl/α,β-unsaturated/α-hetero) is 1. The molecular weight excluding hydrogens is 434 g/mol. The fraction of sp³-hybridized carbons (Fsp3) is 0.222. The summed E-state index contributed by atoms with van der Waals surface area (Å²) in [7, 11) is 0. The summed E-state index contributed by atoms with van der Waals surface area (Å²) < 4.78 is 10.5. The molecule has 0 spiro atoms. The number of amides is 1. The zero-order chi connectivity index (χ0) is 23.9. The van der Waals surface area contributed by atoms with Crippen molar-refractivity contribution in [1.29, 1.82) is 0 Å². The first-order valence-electron chi connectivity index (χ1n) is 11.0. The van der Waals surface area contributed by atoms with Gasteiger partial charge in [-0.3, -0.25) is 9.69 Å². The lowest BCUT2D eigenvalue weighted by atomic mass is 10.0. The molecule has 4 rings (SSSR count). The number of aliphatic hydroxyl groups is 1. The first-order valence-corrected chi connectivity index (χ1v) is 11.0. The molecule has 0 aromatic heterocycles. The molecule has 1 heterocycles. The number of ketones is 1. The van der Waals surface area contributed by atoms with Gasteiger partial charge in [0.2, 0.25) is 0 Å². The summed E-state index contributed by atoms with van der Waals surface area (Å²) >= 11 is 0. The number of likely N-dealkylation sites (tertiary alicyclic amines) is 1. The van der Waals surface area contributed by atoms with Crippen LogP contribution in [0.25, 0.3) is 11.1 Å². The Morgan fingerprint density at radius 3 is 2.12 bits per heavy atom. The first kappa shape index (κ1) is 23.2. The molecule has 7 heteroatoms. The summed E-state index contributed by atoms with van der Waals surface area (Å²) in [6, 6.07) is 24.9. The van der Waals surface area contributed by atoms with Crippen molar-refractivity contribution in [3.63, 3.8) is 0 Å². The fourth-order valence-electron chi connectivity index (χ4n) is 3.84. The van der Waals surface area contributed by atoms with Crippen LogP contribution in [-0.2, 0) is 20.9 Å². The van der Waals surface area contributed by atoms with Gasteiger partial charge >= 0.3 is 12.1 Å². The van der Waals surface area contributed by atoms with Gasteiger partial charge in [0, 0.05) is 12.0 Å². The zero-order valence-corrected chi connectivity index (χ0v) is 18.5. The number of ether oxygens (including phenoxy) is 2. The summed E-state index contributed by atoms with van der Waals surface area (Å²) in [5.74, 6) is -1.10. The zero-order valence-electron chi connectivity index (χ0n) is 18.5. The van der Waals surface area contributed by atoms with Crippen LogP contribution < -0.4 is 0 Å². The minimum absolute atomic E-state index is 0.0270. The van der Waals surface area contributed by atoms with E-state index in [0.717, 1.165) is 21.6 Å². The summed E-state index contributed by atoms with van der Waals surface area (Å²) in [6.45, 7) is -0.448. The van der Waals surface area contributed by atoms with Gasteiger partial charge in [-0.05, 0) is 16.7 Å². The molecule has 1 aliphatic rings. The van der Waals surface area contributed by atoms with E-state index >= 15 is 0 Å². The molecule has 3 aromatic rings. The molecule has 0 saturated carbocycles. The standard InChI is InChI=1S/C27H25NO6/c29-23-15-24(28(16-23)27(32)34-17-19-7-3-1-4-8-19)26(31)33-18-25(30)22-13-11-21(12-14-22)20-9-5-2-6-10-20/h1-14,23-24,29H,15-18H2/t23-,24-/m0/s1. The van der Waals surface area contributed by atoms with Crippen molar-refractivity contribution in [1.82, 2.24) is 4.90 Å². The maximum atomic E-state index is 12.6. The summed E-state index contributed by atoms with van der Waals surface area (Å²) in [5, 5.41) is 10.0. The van der Waals surface area contributed by atoms with E-state index in [4.69, 9.17) is 9.47 Å². The summed E-state index contributed by atoms with van der Waals surface area (Å²) in [5.41, 5.74) is 3.22. The third-order valence-electron chi connectivity index (χ3n) is 5.65. The Balaban J connectivity index is 1.32. The van der Waals surface area contributed by atoms with Gasteiger partial charge in [-0.1, -0.05) is 84.9 Å². The summed E-state index contributed by atoms with van der Waals surface area (Å²) in [6.07, 6.45) is -1.56. The number of β-amino-alcohol motifs (C(OH)–C–C–N with tert-alkyl or cyclic N) is 1. The average molecular weight is 459 g/mol. The SMILES string of the molecule is O=C(COC(=O)[C@@H]1C[C@H](O)CN1C(=O)OCc1ccccc1)c1ccc(-c2ccccc2)cc1. The second-order valence-corrected chi connectivity index (χ2v) is 8.07. The van der Waals surface area contributed by atoms with Gasteiger partial charge in [-0.15, -0.1) is 0 Å². The second kappa shape index (κ2) is 10.8. The van der Waals surface area contributed by atoms with Crippen molar-refractivity contribution in [2.45, 2.75) is 25.2 Å². The number of carbonyl (C=O) groups excluding carboxylic acids is 3. The highest BCUT2D eigenvalue weighted by Gasteiger charge is 2.41. The number of hydrogen-bond donors (Lipinski definition) is 1. The van der Waals surface area contributed by atoms with Gasteiger partial charge < -0.3 is 14.6 Å². The second-order valence-electron chi connectivity index (χ2n) is 8.07. The van der Waals surface area contributed by atoms with E-state index < -0.39 is 30.8 Å². The molecule has 1 amide bonds. The van der Waals surface area contributed by atoms with E-state index in [1.165, 1.54) is 0 Å². The first-order chi connectivity index (χ1) is 16.5. The third-order valence-corrected chi connectivity index (χ3v) is 5.65. The Morgan fingerprint density at radius 1 is 0.824 bits per heavy atom. The fourth-order valence-corrected chi connectivity index (χ4v) is 3.84. The van der Waals surface area contributed by atoms with Gasteiger partial charge in [0.05, 0.1) is 12.6 Å². The van der Waals surface area contributed by atoms with E-state index in [9.17, 15) is 19.5 Å². The molecule has 3 aromatic carbocycles. The number of esters is 1. The van der Waals surface area contributed by atoms with E-state index in [-0.39, 0.29) is 25.4 Å². The molecule has 1 saturated heterocycles. The Labute approximate surface area is 197 Å². The van der Waals surface area contributed by atoms with Crippen molar-refractivity contribution < 1.29 is 29.0 Å². The Hall–Kier alpha value is -3.97. The van der Waals surface area contributed by atoms with Crippen molar-refractivity contribution in [2.24, 2.45) is 0 Å². The Morgan fingerprint density at radius 2 is 1.44 bits per heavy atom. The predicted octanol–water partition coefficient (Wildman–Crippen LogP) is 3.85. The van der Waals surface area contributed by atoms with Crippen LogP contribution in [0.4, 0.5) is 4.79 Å². The van der Waals surface area contributed by atoms with Crippen LogP contribution in [-0.4, -0.2) is 53.1 Å². The van der Waals surface area contributed by atoms with E-state index in [1.54, 1.807) is 12.1 Å². The number of nitrogens with zero attached hydrogens (tertiary/aromatic N) is 1. The van der Waals surface area contributed by atoms with Gasteiger partial charge in [-0.2, -0.15) is 0 Å². The van der Waals surface area contributed by atoms with Crippen LogP contribution in [0.5, 0.6) is 0 Å². The lowest BCUT2D eigenvalue weighted by Crippen LogP contribution is -2.42. The predicted molar refractivity (Wildman–Crippen MR) is 125 cm³/mol.